The molecule has 0 bridgehead atoms. The number of nitriles is 1. The number of halogens is 1. The lowest BCUT2D eigenvalue weighted by Crippen LogP contribution is -2.11. The van der Waals surface area contributed by atoms with Crippen LogP contribution in [0.15, 0.2) is 28.7 Å². The van der Waals surface area contributed by atoms with Gasteiger partial charge in [0.05, 0.1) is 16.1 Å². The molecule has 0 unspecified atom stereocenters. The summed E-state index contributed by atoms with van der Waals surface area (Å²) in [6.45, 7) is 3.96. The SMILES string of the molecule is Cc1cc(C(=O)Nc2ccc(Br)cc2C#N)sc1C. The van der Waals surface area contributed by atoms with Crippen LogP contribution in [0.2, 0.25) is 0 Å². The minimum atomic E-state index is -0.181. The average Bonchev–Trinajstić information content (AvgIpc) is 2.72. The van der Waals surface area contributed by atoms with Gasteiger partial charge in [0.25, 0.3) is 5.91 Å². The maximum atomic E-state index is 12.1. The maximum absolute atomic E-state index is 12.1. The monoisotopic (exact) mass is 334 g/mol. The van der Waals surface area contributed by atoms with Crippen molar-refractivity contribution in [2.75, 3.05) is 5.32 Å². The third kappa shape index (κ3) is 3.03. The Morgan fingerprint density at radius 2 is 2.11 bits per heavy atom. The molecule has 0 radical (unpaired) electrons. The topological polar surface area (TPSA) is 52.9 Å². The summed E-state index contributed by atoms with van der Waals surface area (Å²) in [5.74, 6) is -0.181. The molecule has 1 N–H and O–H groups in total. The standard InChI is InChI=1S/C14H11BrN2OS/c1-8-5-13(19-9(8)2)14(18)17-12-4-3-11(15)6-10(12)7-16/h3-6H,1-2H3,(H,17,18). The van der Waals surface area contributed by atoms with Crippen LogP contribution >= 0.6 is 27.3 Å². The quantitative estimate of drug-likeness (QED) is 0.892. The maximum Gasteiger partial charge on any atom is 0.265 e. The van der Waals surface area contributed by atoms with Crippen LogP contribution in [0.3, 0.4) is 0 Å². The van der Waals surface area contributed by atoms with E-state index in [-0.39, 0.29) is 5.91 Å². The molecule has 0 saturated carbocycles. The first-order valence-corrected chi connectivity index (χ1v) is 7.20. The van der Waals surface area contributed by atoms with Gasteiger partial charge < -0.3 is 5.32 Å². The molecule has 1 aromatic carbocycles. The third-order valence-corrected chi connectivity index (χ3v) is 4.38. The predicted octanol–water partition coefficient (Wildman–Crippen LogP) is 4.25. The molecule has 0 saturated heterocycles. The molecule has 0 aliphatic carbocycles. The Hall–Kier alpha value is -1.64. The number of hydrogen-bond acceptors (Lipinski definition) is 3. The molecule has 0 atom stereocenters. The summed E-state index contributed by atoms with van der Waals surface area (Å²) in [5, 5.41) is 11.8. The summed E-state index contributed by atoms with van der Waals surface area (Å²) >= 11 is 4.75. The predicted molar refractivity (Wildman–Crippen MR) is 80.6 cm³/mol. The Morgan fingerprint density at radius 3 is 2.68 bits per heavy atom. The molecular formula is C14H11BrN2OS. The fourth-order valence-corrected chi connectivity index (χ4v) is 2.88. The van der Waals surface area contributed by atoms with Crippen molar-refractivity contribution in [1.29, 1.82) is 5.26 Å². The van der Waals surface area contributed by atoms with E-state index in [1.165, 1.54) is 11.3 Å². The highest BCUT2D eigenvalue weighted by Crippen LogP contribution is 2.24. The Morgan fingerprint density at radius 1 is 1.37 bits per heavy atom. The first kappa shape index (κ1) is 13.8. The average molecular weight is 335 g/mol. The number of rotatable bonds is 2. The van der Waals surface area contributed by atoms with E-state index in [9.17, 15) is 4.79 Å². The minimum absolute atomic E-state index is 0.181. The summed E-state index contributed by atoms with van der Waals surface area (Å²) in [6.07, 6.45) is 0. The van der Waals surface area contributed by atoms with Crippen LogP contribution in [0.5, 0.6) is 0 Å². The van der Waals surface area contributed by atoms with Crippen LogP contribution in [0.4, 0.5) is 5.69 Å². The number of anilines is 1. The second-order valence-corrected chi connectivity index (χ2v) is 6.28. The van der Waals surface area contributed by atoms with Gasteiger partial charge in [-0.25, -0.2) is 0 Å². The Balaban J connectivity index is 2.27. The lowest BCUT2D eigenvalue weighted by molar-refractivity contribution is 0.103. The highest BCUT2D eigenvalue weighted by molar-refractivity contribution is 9.10. The van der Waals surface area contributed by atoms with E-state index in [2.05, 4.69) is 27.3 Å². The van der Waals surface area contributed by atoms with E-state index in [0.717, 1.165) is 14.9 Å². The fraction of sp³-hybridized carbons (Fsp3) is 0.143. The van der Waals surface area contributed by atoms with Gasteiger partial charge in [0.1, 0.15) is 6.07 Å². The van der Waals surface area contributed by atoms with Gasteiger partial charge in [0, 0.05) is 9.35 Å². The summed E-state index contributed by atoms with van der Waals surface area (Å²) in [5.41, 5.74) is 2.07. The lowest BCUT2D eigenvalue weighted by Gasteiger charge is -2.05. The number of amides is 1. The zero-order valence-corrected chi connectivity index (χ0v) is 12.9. The summed E-state index contributed by atoms with van der Waals surface area (Å²) in [7, 11) is 0. The largest absolute Gasteiger partial charge is 0.320 e. The Labute approximate surface area is 124 Å². The van der Waals surface area contributed by atoms with E-state index in [0.29, 0.717) is 16.1 Å². The van der Waals surface area contributed by atoms with Crippen molar-refractivity contribution in [2.24, 2.45) is 0 Å². The third-order valence-electron chi connectivity index (χ3n) is 2.74. The second-order valence-electron chi connectivity index (χ2n) is 4.11. The number of hydrogen-bond donors (Lipinski definition) is 1. The van der Waals surface area contributed by atoms with Gasteiger partial charge in [-0.2, -0.15) is 5.26 Å². The van der Waals surface area contributed by atoms with Crippen LogP contribution in [-0.2, 0) is 0 Å². The van der Waals surface area contributed by atoms with Gasteiger partial charge in [-0.3, -0.25) is 4.79 Å². The molecule has 2 rings (SSSR count). The molecule has 19 heavy (non-hydrogen) atoms. The van der Waals surface area contributed by atoms with E-state index in [1.807, 2.05) is 19.9 Å². The highest BCUT2D eigenvalue weighted by atomic mass is 79.9. The summed E-state index contributed by atoms with van der Waals surface area (Å²) < 4.78 is 0.810. The minimum Gasteiger partial charge on any atom is -0.320 e. The molecule has 0 spiro atoms. The number of thiophene rings is 1. The number of benzene rings is 1. The van der Waals surface area contributed by atoms with Gasteiger partial charge >= 0.3 is 0 Å². The van der Waals surface area contributed by atoms with E-state index in [4.69, 9.17) is 5.26 Å². The number of carbonyl (C=O) groups excluding carboxylic acids is 1. The van der Waals surface area contributed by atoms with Gasteiger partial charge in [0.2, 0.25) is 0 Å². The van der Waals surface area contributed by atoms with Crippen molar-refractivity contribution in [2.45, 2.75) is 13.8 Å². The first-order chi connectivity index (χ1) is 9.01. The molecule has 96 valence electrons. The van der Waals surface area contributed by atoms with Crippen molar-refractivity contribution in [3.8, 4) is 6.07 Å². The van der Waals surface area contributed by atoms with Gasteiger partial charge in [-0.1, -0.05) is 15.9 Å². The van der Waals surface area contributed by atoms with Gasteiger partial charge in [0.15, 0.2) is 0 Å². The molecule has 0 fully saturated rings. The molecule has 0 aliphatic heterocycles. The van der Waals surface area contributed by atoms with Crippen molar-refractivity contribution in [3.63, 3.8) is 0 Å². The second kappa shape index (κ2) is 5.55. The van der Waals surface area contributed by atoms with Crippen molar-refractivity contribution in [3.05, 3.63) is 49.6 Å². The van der Waals surface area contributed by atoms with Crippen LogP contribution in [0.1, 0.15) is 25.7 Å². The van der Waals surface area contributed by atoms with Gasteiger partial charge in [-0.05, 0) is 43.7 Å². The molecule has 1 amide bonds. The van der Waals surface area contributed by atoms with E-state index >= 15 is 0 Å². The number of nitrogens with zero attached hydrogens (tertiary/aromatic N) is 1. The normalized spacial score (nSPS) is 10.0. The van der Waals surface area contributed by atoms with Crippen molar-refractivity contribution in [1.82, 2.24) is 0 Å². The fourth-order valence-electron chi connectivity index (χ4n) is 1.59. The molecule has 5 heteroatoms. The molecular weight excluding hydrogens is 324 g/mol. The molecule has 1 aromatic heterocycles. The molecule has 3 nitrogen and oxygen atoms in total. The van der Waals surface area contributed by atoms with Crippen LogP contribution in [0, 0.1) is 25.2 Å². The van der Waals surface area contributed by atoms with Crippen molar-refractivity contribution < 1.29 is 4.79 Å². The highest BCUT2D eigenvalue weighted by Gasteiger charge is 2.12. The Kier molecular flexibility index (Phi) is 4.03. The zero-order chi connectivity index (χ0) is 14.0. The zero-order valence-electron chi connectivity index (χ0n) is 10.5. The van der Waals surface area contributed by atoms with Gasteiger partial charge in [-0.15, -0.1) is 11.3 Å². The van der Waals surface area contributed by atoms with Crippen molar-refractivity contribution >= 4 is 38.9 Å². The molecule has 0 aliphatic rings. The number of nitrogens with one attached hydrogen (secondary N) is 1. The van der Waals surface area contributed by atoms with Crippen LogP contribution < -0.4 is 5.32 Å². The summed E-state index contributed by atoms with van der Waals surface area (Å²) in [4.78, 5) is 13.9. The van der Waals surface area contributed by atoms with Crippen LogP contribution in [-0.4, -0.2) is 5.91 Å². The van der Waals surface area contributed by atoms with E-state index < -0.39 is 0 Å². The first-order valence-electron chi connectivity index (χ1n) is 5.59. The van der Waals surface area contributed by atoms with E-state index in [1.54, 1.807) is 18.2 Å². The number of carbonyl (C=O) groups is 1. The summed E-state index contributed by atoms with van der Waals surface area (Å²) in [6, 6.07) is 9.12. The smallest absolute Gasteiger partial charge is 0.265 e. The van der Waals surface area contributed by atoms with Crippen LogP contribution in [0.25, 0.3) is 0 Å². The Bertz CT molecular complexity index is 666. The molecule has 1 heterocycles. The molecule has 2 aromatic rings. The lowest BCUT2D eigenvalue weighted by atomic mass is 10.2. The number of aryl methyl sites for hydroxylation is 2.